The Kier molecular flexibility index (Phi) is 7.20. The Balaban J connectivity index is 1.81. The van der Waals surface area contributed by atoms with Gasteiger partial charge in [-0.05, 0) is 38.0 Å². The molecule has 0 aliphatic rings. The van der Waals surface area contributed by atoms with Crippen molar-refractivity contribution in [3.05, 3.63) is 47.2 Å². The number of hydrogen-bond donors (Lipinski definition) is 3. The van der Waals surface area contributed by atoms with Crippen molar-refractivity contribution < 1.29 is 9.21 Å². The van der Waals surface area contributed by atoms with Gasteiger partial charge in [0.05, 0.1) is 12.2 Å². The number of amides is 1. The molecule has 1 aromatic carbocycles. The summed E-state index contributed by atoms with van der Waals surface area (Å²) in [5, 5.41) is 9.29. The van der Waals surface area contributed by atoms with E-state index >= 15 is 0 Å². The lowest BCUT2D eigenvalue weighted by molar-refractivity contribution is -0.116. The van der Waals surface area contributed by atoms with Gasteiger partial charge < -0.3 is 20.4 Å². The van der Waals surface area contributed by atoms with Crippen LogP contribution in [-0.4, -0.2) is 23.9 Å². The molecule has 1 heterocycles. The van der Waals surface area contributed by atoms with E-state index in [1.807, 2.05) is 45.0 Å². The molecule has 0 atom stereocenters. The molecule has 26 heavy (non-hydrogen) atoms. The van der Waals surface area contributed by atoms with Gasteiger partial charge >= 0.3 is 0 Å². The molecule has 140 valence electrons. The Morgan fingerprint density at radius 2 is 1.85 bits per heavy atom. The minimum absolute atomic E-state index is 0.0417. The van der Waals surface area contributed by atoms with Gasteiger partial charge in [0, 0.05) is 25.7 Å². The number of carbonyl (C=O) groups is 1. The van der Waals surface area contributed by atoms with Crippen molar-refractivity contribution in [1.82, 2.24) is 15.6 Å². The Hall–Kier alpha value is -2.83. The molecule has 0 radical (unpaired) electrons. The summed E-state index contributed by atoms with van der Waals surface area (Å²) in [6.07, 6.45) is 1.38. The number of nitrogens with zero attached hydrogens (tertiary/aromatic N) is 2. The first kappa shape index (κ1) is 19.5. The number of anilines is 1. The zero-order valence-electron chi connectivity index (χ0n) is 15.8. The highest BCUT2D eigenvalue weighted by Gasteiger charge is 2.06. The van der Waals surface area contributed by atoms with Crippen LogP contribution in [0.15, 0.2) is 33.7 Å². The van der Waals surface area contributed by atoms with Crippen LogP contribution in [0.5, 0.6) is 0 Å². The van der Waals surface area contributed by atoms with E-state index in [-0.39, 0.29) is 5.91 Å². The van der Waals surface area contributed by atoms with Crippen molar-refractivity contribution in [2.24, 2.45) is 4.99 Å². The molecule has 0 spiro atoms. The predicted octanol–water partition coefficient (Wildman–Crippen LogP) is 2.90. The first-order valence-corrected chi connectivity index (χ1v) is 8.78. The number of rotatable bonds is 7. The fraction of sp³-hybridized carbons (Fsp3) is 0.421. The number of aromatic nitrogens is 1. The summed E-state index contributed by atoms with van der Waals surface area (Å²) in [7, 11) is 1.72. The van der Waals surface area contributed by atoms with Gasteiger partial charge in [-0.1, -0.05) is 19.1 Å². The van der Waals surface area contributed by atoms with Gasteiger partial charge in [0.1, 0.15) is 5.76 Å². The Labute approximate surface area is 154 Å². The summed E-state index contributed by atoms with van der Waals surface area (Å²) in [4.78, 5) is 20.1. The van der Waals surface area contributed by atoms with E-state index in [2.05, 4.69) is 25.9 Å². The molecule has 1 amide bonds. The standard InChI is InChI=1S/C19H27N5O2/c1-5-6-17(25)24-16-9-7-15(8-10-16)11-21-19(20-4)22-12-18-23-13(2)14(3)26-18/h7-10H,5-6,11-12H2,1-4H3,(H,24,25)(H2,20,21,22). The molecule has 0 fully saturated rings. The number of aryl methyl sites for hydroxylation is 2. The third-order valence-corrected chi connectivity index (χ3v) is 3.88. The van der Waals surface area contributed by atoms with E-state index in [1.54, 1.807) is 7.05 Å². The molecule has 0 unspecified atom stereocenters. The number of carbonyl (C=O) groups excluding carboxylic acids is 1. The van der Waals surface area contributed by atoms with Crippen LogP contribution in [0.3, 0.4) is 0 Å². The first-order valence-electron chi connectivity index (χ1n) is 8.78. The molecule has 0 bridgehead atoms. The third-order valence-electron chi connectivity index (χ3n) is 3.88. The Morgan fingerprint density at radius 3 is 2.42 bits per heavy atom. The second-order valence-electron chi connectivity index (χ2n) is 6.02. The van der Waals surface area contributed by atoms with E-state index in [4.69, 9.17) is 4.42 Å². The van der Waals surface area contributed by atoms with Crippen LogP contribution in [0, 0.1) is 13.8 Å². The largest absolute Gasteiger partial charge is 0.444 e. The molecule has 0 aliphatic carbocycles. The lowest BCUT2D eigenvalue weighted by Crippen LogP contribution is -2.36. The summed E-state index contributed by atoms with van der Waals surface area (Å²) in [6, 6.07) is 7.75. The zero-order valence-corrected chi connectivity index (χ0v) is 15.8. The zero-order chi connectivity index (χ0) is 18.9. The second kappa shape index (κ2) is 9.60. The number of nitrogens with one attached hydrogen (secondary N) is 3. The average Bonchev–Trinajstić information content (AvgIpc) is 2.94. The smallest absolute Gasteiger partial charge is 0.224 e. The van der Waals surface area contributed by atoms with E-state index in [0.29, 0.717) is 31.4 Å². The van der Waals surface area contributed by atoms with Gasteiger partial charge in [-0.3, -0.25) is 9.79 Å². The molecular formula is C19H27N5O2. The van der Waals surface area contributed by atoms with Crippen molar-refractivity contribution in [1.29, 1.82) is 0 Å². The number of benzene rings is 1. The number of guanidine groups is 1. The van der Waals surface area contributed by atoms with Gasteiger partial charge in [0.2, 0.25) is 11.8 Å². The highest BCUT2D eigenvalue weighted by Crippen LogP contribution is 2.10. The SMILES string of the molecule is CCCC(=O)Nc1ccc(CNC(=NC)NCc2nc(C)c(C)o2)cc1. The van der Waals surface area contributed by atoms with Gasteiger partial charge in [-0.15, -0.1) is 0 Å². The molecule has 0 saturated carbocycles. The number of hydrogen-bond acceptors (Lipinski definition) is 4. The molecular weight excluding hydrogens is 330 g/mol. The summed E-state index contributed by atoms with van der Waals surface area (Å²) in [6.45, 7) is 6.89. The molecule has 1 aromatic heterocycles. The maximum absolute atomic E-state index is 11.6. The van der Waals surface area contributed by atoms with Crippen LogP contribution in [-0.2, 0) is 17.9 Å². The average molecular weight is 357 g/mol. The monoisotopic (exact) mass is 357 g/mol. The first-order chi connectivity index (χ1) is 12.5. The molecule has 7 heteroatoms. The van der Waals surface area contributed by atoms with Gasteiger partial charge in [-0.25, -0.2) is 4.98 Å². The number of aliphatic imine (C=N–C) groups is 1. The quantitative estimate of drug-likeness (QED) is 0.523. The van der Waals surface area contributed by atoms with Crippen LogP contribution in [0.2, 0.25) is 0 Å². The normalized spacial score (nSPS) is 11.3. The lowest BCUT2D eigenvalue weighted by atomic mass is 10.2. The molecule has 7 nitrogen and oxygen atoms in total. The topological polar surface area (TPSA) is 91.5 Å². The Bertz CT molecular complexity index is 730. The summed E-state index contributed by atoms with van der Waals surface area (Å²) in [5.41, 5.74) is 2.80. The van der Waals surface area contributed by atoms with Crippen LogP contribution in [0.1, 0.15) is 42.7 Å². The molecule has 0 saturated heterocycles. The second-order valence-corrected chi connectivity index (χ2v) is 6.02. The van der Waals surface area contributed by atoms with E-state index in [1.165, 1.54) is 0 Å². The van der Waals surface area contributed by atoms with Crippen molar-refractivity contribution >= 4 is 17.6 Å². The van der Waals surface area contributed by atoms with E-state index in [0.717, 1.165) is 29.1 Å². The van der Waals surface area contributed by atoms with Crippen LogP contribution in [0.25, 0.3) is 0 Å². The van der Waals surface area contributed by atoms with E-state index in [9.17, 15) is 4.79 Å². The van der Waals surface area contributed by atoms with Crippen molar-refractivity contribution in [3.63, 3.8) is 0 Å². The summed E-state index contributed by atoms with van der Waals surface area (Å²) in [5.74, 6) is 2.17. The molecule has 3 N–H and O–H groups in total. The van der Waals surface area contributed by atoms with Crippen LogP contribution >= 0.6 is 0 Å². The van der Waals surface area contributed by atoms with Crippen molar-refractivity contribution in [2.45, 2.75) is 46.7 Å². The van der Waals surface area contributed by atoms with Gasteiger partial charge in [-0.2, -0.15) is 0 Å². The highest BCUT2D eigenvalue weighted by atomic mass is 16.4. The molecule has 0 aliphatic heterocycles. The fourth-order valence-electron chi connectivity index (χ4n) is 2.34. The molecule has 2 rings (SSSR count). The fourth-order valence-corrected chi connectivity index (χ4v) is 2.34. The number of oxazole rings is 1. The van der Waals surface area contributed by atoms with E-state index < -0.39 is 0 Å². The maximum Gasteiger partial charge on any atom is 0.224 e. The summed E-state index contributed by atoms with van der Waals surface area (Å²) >= 11 is 0. The van der Waals surface area contributed by atoms with Gasteiger partial charge in [0.25, 0.3) is 0 Å². The molecule has 2 aromatic rings. The predicted molar refractivity (Wildman–Crippen MR) is 103 cm³/mol. The van der Waals surface area contributed by atoms with Crippen molar-refractivity contribution in [3.8, 4) is 0 Å². The van der Waals surface area contributed by atoms with Crippen LogP contribution < -0.4 is 16.0 Å². The highest BCUT2D eigenvalue weighted by molar-refractivity contribution is 5.90. The third kappa shape index (κ3) is 5.91. The minimum Gasteiger partial charge on any atom is -0.444 e. The minimum atomic E-state index is 0.0417. The lowest BCUT2D eigenvalue weighted by Gasteiger charge is -2.11. The maximum atomic E-state index is 11.6. The van der Waals surface area contributed by atoms with Gasteiger partial charge in [0.15, 0.2) is 5.96 Å². The van der Waals surface area contributed by atoms with Crippen molar-refractivity contribution in [2.75, 3.05) is 12.4 Å². The Morgan fingerprint density at radius 1 is 1.15 bits per heavy atom. The van der Waals surface area contributed by atoms with Crippen LogP contribution in [0.4, 0.5) is 5.69 Å². The summed E-state index contributed by atoms with van der Waals surface area (Å²) < 4.78 is 5.54.